The summed E-state index contributed by atoms with van der Waals surface area (Å²) in [6.45, 7) is 1.57. The van der Waals surface area contributed by atoms with Gasteiger partial charge in [0.15, 0.2) is 0 Å². The van der Waals surface area contributed by atoms with Gasteiger partial charge in [-0.3, -0.25) is 14.6 Å². The van der Waals surface area contributed by atoms with E-state index in [-0.39, 0.29) is 25.4 Å². The second kappa shape index (κ2) is 5.00. The molecule has 0 bridgehead atoms. The molecule has 1 aromatic rings. The SMILES string of the molecule is Cc1[nH]c(=O)[nH]c(=O)c1CCC(=O)NC1(CO)CC1. The molecule has 1 saturated carbocycles. The molecule has 19 heavy (non-hydrogen) atoms. The highest BCUT2D eigenvalue weighted by atomic mass is 16.3. The number of aliphatic hydroxyl groups is 1. The minimum absolute atomic E-state index is 0.0585. The van der Waals surface area contributed by atoms with Crippen LogP contribution < -0.4 is 16.6 Å². The van der Waals surface area contributed by atoms with Gasteiger partial charge in [0.2, 0.25) is 5.91 Å². The fourth-order valence-electron chi connectivity index (χ4n) is 2.00. The van der Waals surface area contributed by atoms with E-state index in [2.05, 4.69) is 15.3 Å². The second-order valence-corrected chi connectivity index (χ2v) is 5.00. The molecular formula is C12H17N3O4. The summed E-state index contributed by atoms with van der Waals surface area (Å²) in [6.07, 6.45) is 1.98. The highest BCUT2D eigenvalue weighted by Gasteiger charge is 2.43. The average molecular weight is 267 g/mol. The van der Waals surface area contributed by atoms with Crippen LogP contribution in [-0.2, 0) is 11.2 Å². The first-order chi connectivity index (χ1) is 8.96. The zero-order chi connectivity index (χ0) is 14.0. The summed E-state index contributed by atoms with van der Waals surface area (Å²) in [5.41, 5.74) is -0.567. The smallest absolute Gasteiger partial charge is 0.325 e. The summed E-state index contributed by atoms with van der Waals surface area (Å²) in [7, 11) is 0. The number of carbonyl (C=O) groups excluding carboxylic acids is 1. The summed E-state index contributed by atoms with van der Waals surface area (Å²) in [5.74, 6) is -0.198. The molecule has 0 aromatic carbocycles. The van der Waals surface area contributed by atoms with E-state index in [0.29, 0.717) is 11.3 Å². The monoisotopic (exact) mass is 267 g/mol. The molecule has 1 fully saturated rings. The van der Waals surface area contributed by atoms with E-state index in [9.17, 15) is 14.4 Å². The zero-order valence-electron chi connectivity index (χ0n) is 10.7. The Kier molecular flexibility index (Phi) is 3.57. The molecule has 0 radical (unpaired) electrons. The minimum atomic E-state index is -0.548. The normalized spacial score (nSPS) is 16.1. The number of nitrogens with one attached hydrogen (secondary N) is 3. The Labute approximate surface area is 109 Å². The van der Waals surface area contributed by atoms with Crippen molar-refractivity contribution in [1.29, 1.82) is 0 Å². The minimum Gasteiger partial charge on any atom is -0.394 e. The first kappa shape index (κ1) is 13.5. The Hall–Kier alpha value is -1.89. The zero-order valence-corrected chi connectivity index (χ0v) is 10.7. The van der Waals surface area contributed by atoms with Crippen LogP contribution in [-0.4, -0.2) is 33.1 Å². The highest BCUT2D eigenvalue weighted by molar-refractivity contribution is 5.77. The summed E-state index contributed by atoms with van der Waals surface area (Å²) in [5, 5.41) is 11.9. The van der Waals surface area contributed by atoms with E-state index in [4.69, 9.17) is 5.11 Å². The molecule has 0 unspecified atom stereocenters. The van der Waals surface area contributed by atoms with Gasteiger partial charge in [-0.2, -0.15) is 0 Å². The van der Waals surface area contributed by atoms with Gasteiger partial charge in [-0.1, -0.05) is 0 Å². The summed E-state index contributed by atoms with van der Waals surface area (Å²) in [4.78, 5) is 38.9. The topological polar surface area (TPSA) is 115 Å². The van der Waals surface area contributed by atoms with E-state index < -0.39 is 16.8 Å². The third kappa shape index (κ3) is 3.11. The molecule has 1 heterocycles. The van der Waals surface area contributed by atoms with Crippen molar-refractivity contribution < 1.29 is 9.90 Å². The lowest BCUT2D eigenvalue weighted by atomic mass is 10.1. The predicted octanol–water partition coefficient (Wildman–Crippen LogP) is -1.05. The Morgan fingerprint density at radius 2 is 2.05 bits per heavy atom. The van der Waals surface area contributed by atoms with Crippen molar-refractivity contribution in [3.05, 3.63) is 32.1 Å². The summed E-state index contributed by atoms with van der Waals surface area (Å²) >= 11 is 0. The molecule has 1 amide bonds. The van der Waals surface area contributed by atoms with Crippen LogP contribution in [0.5, 0.6) is 0 Å². The maximum Gasteiger partial charge on any atom is 0.325 e. The number of hydrogen-bond donors (Lipinski definition) is 4. The predicted molar refractivity (Wildman–Crippen MR) is 67.9 cm³/mol. The van der Waals surface area contributed by atoms with Crippen molar-refractivity contribution in [3.63, 3.8) is 0 Å². The number of aryl methyl sites for hydroxylation is 1. The first-order valence-corrected chi connectivity index (χ1v) is 6.20. The molecule has 1 aromatic heterocycles. The Bertz CT molecular complexity index is 598. The van der Waals surface area contributed by atoms with Crippen LogP contribution in [0.2, 0.25) is 0 Å². The van der Waals surface area contributed by atoms with E-state index in [1.54, 1.807) is 6.92 Å². The number of H-pyrrole nitrogens is 2. The molecule has 7 nitrogen and oxygen atoms in total. The molecule has 104 valence electrons. The van der Waals surface area contributed by atoms with E-state index in [0.717, 1.165) is 12.8 Å². The van der Waals surface area contributed by atoms with Crippen LogP contribution >= 0.6 is 0 Å². The lowest BCUT2D eigenvalue weighted by molar-refractivity contribution is -0.122. The number of aromatic amines is 2. The van der Waals surface area contributed by atoms with Gasteiger partial charge in [-0.25, -0.2) is 4.79 Å². The second-order valence-electron chi connectivity index (χ2n) is 5.00. The van der Waals surface area contributed by atoms with Gasteiger partial charge in [0.1, 0.15) is 0 Å². The van der Waals surface area contributed by atoms with Gasteiger partial charge >= 0.3 is 5.69 Å². The number of aliphatic hydroxyl groups excluding tert-OH is 1. The van der Waals surface area contributed by atoms with Crippen molar-refractivity contribution in [2.24, 2.45) is 0 Å². The highest BCUT2D eigenvalue weighted by Crippen LogP contribution is 2.34. The van der Waals surface area contributed by atoms with E-state index in [1.165, 1.54) is 0 Å². The van der Waals surface area contributed by atoms with Crippen LogP contribution in [0.4, 0.5) is 0 Å². The van der Waals surface area contributed by atoms with Crippen molar-refractivity contribution in [1.82, 2.24) is 15.3 Å². The van der Waals surface area contributed by atoms with E-state index in [1.807, 2.05) is 0 Å². The maximum atomic E-state index is 11.7. The largest absolute Gasteiger partial charge is 0.394 e. The van der Waals surface area contributed by atoms with Crippen LogP contribution in [0.25, 0.3) is 0 Å². The van der Waals surface area contributed by atoms with Crippen LogP contribution in [0.3, 0.4) is 0 Å². The molecule has 2 rings (SSSR count). The number of aromatic nitrogens is 2. The summed E-state index contributed by atoms with van der Waals surface area (Å²) in [6, 6.07) is 0. The van der Waals surface area contributed by atoms with Crippen LogP contribution in [0.15, 0.2) is 9.59 Å². The van der Waals surface area contributed by atoms with Crippen molar-refractivity contribution in [2.75, 3.05) is 6.61 Å². The Balaban J connectivity index is 1.98. The molecule has 0 saturated heterocycles. The fourth-order valence-corrected chi connectivity index (χ4v) is 2.00. The fraction of sp³-hybridized carbons (Fsp3) is 0.583. The van der Waals surface area contributed by atoms with Gasteiger partial charge in [0.05, 0.1) is 12.1 Å². The molecule has 1 aliphatic carbocycles. The molecule has 0 aliphatic heterocycles. The number of carbonyl (C=O) groups is 1. The van der Waals surface area contributed by atoms with Crippen LogP contribution in [0, 0.1) is 6.92 Å². The molecule has 0 spiro atoms. The lowest BCUT2D eigenvalue weighted by Gasteiger charge is -2.14. The van der Waals surface area contributed by atoms with Gasteiger partial charge in [-0.05, 0) is 26.2 Å². The molecule has 1 aliphatic rings. The molecule has 4 N–H and O–H groups in total. The van der Waals surface area contributed by atoms with Crippen molar-refractivity contribution >= 4 is 5.91 Å². The van der Waals surface area contributed by atoms with Gasteiger partial charge in [0, 0.05) is 17.7 Å². The first-order valence-electron chi connectivity index (χ1n) is 6.20. The Morgan fingerprint density at radius 1 is 1.37 bits per heavy atom. The van der Waals surface area contributed by atoms with Gasteiger partial charge < -0.3 is 15.4 Å². The Morgan fingerprint density at radius 3 is 2.58 bits per heavy atom. The molecular weight excluding hydrogens is 250 g/mol. The number of amides is 1. The number of rotatable bonds is 5. The molecule has 7 heteroatoms. The van der Waals surface area contributed by atoms with E-state index >= 15 is 0 Å². The van der Waals surface area contributed by atoms with Crippen molar-refractivity contribution in [3.8, 4) is 0 Å². The average Bonchev–Trinajstić information content (AvgIpc) is 3.08. The van der Waals surface area contributed by atoms with Gasteiger partial charge in [0.25, 0.3) is 5.56 Å². The third-order valence-electron chi connectivity index (χ3n) is 3.42. The number of hydrogen-bond acceptors (Lipinski definition) is 4. The standard InChI is InChI=1S/C12H17N3O4/c1-7-8(10(18)14-11(19)13-7)2-3-9(17)15-12(6-16)4-5-12/h16H,2-6H2,1H3,(H,15,17)(H2,13,14,18,19). The van der Waals surface area contributed by atoms with Crippen molar-refractivity contribution in [2.45, 2.75) is 38.1 Å². The van der Waals surface area contributed by atoms with Gasteiger partial charge in [-0.15, -0.1) is 0 Å². The third-order valence-corrected chi connectivity index (χ3v) is 3.42. The molecule has 0 atom stereocenters. The quantitative estimate of drug-likeness (QED) is 0.544. The lowest BCUT2D eigenvalue weighted by Crippen LogP contribution is -2.40. The maximum absolute atomic E-state index is 11.7. The van der Waals surface area contributed by atoms with Crippen LogP contribution in [0.1, 0.15) is 30.5 Å². The summed E-state index contributed by atoms with van der Waals surface area (Å²) < 4.78 is 0.